The van der Waals surface area contributed by atoms with Crippen LogP contribution in [0.5, 0.6) is 0 Å². The maximum atomic E-state index is 8.58. The van der Waals surface area contributed by atoms with Gasteiger partial charge in [0, 0.05) is 74.2 Å². The van der Waals surface area contributed by atoms with Crippen molar-refractivity contribution in [3.63, 3.8) is 0 Å². The molecule has 0 saturated heterocycles. The van der Waals surface area contributed by atoms with Gasteiger partial charge in [-0.15, -0.1) is 0 Å². The van der Waals surface area contributed by atoms with E-state index in [-0.39, 0.29) is 74.2 Å². The fraction of sp³-hybridized carbons (Fsp3) is 0. The average molecular weight is 664 g/mol. The van der Waals surface area contributed by atoms with Crippen molar-refractivity contribution < 1.29 is 170 Å². The van der Waals surface area contributed by atoms with Crippen LogP contribution < -0.4 is 95.9 Å². The molecular formula is O20Si5V4-20. The first-order chi connectivity index (χ1) is 10.0. The molecule has 0 amide bonds. The first-order valence-electron chi connectivity index (χ1n) is 4.08. The summed E-state index contributed by atoms with van der Waals surface area (Å²) in [6, 6.07) is 0. The topological polar surface area (TPSA) is 461 Å². The SMILES string of the molecule is [O-][Si]([O-])([O-])[O-].[O-][Si]([O-])([O-])[O-].[O-][Si]([O-])([O-])[O-].[O-][Si]([O-])([O-])[O-].[O-][Si]([O-])([O-])[O-].[V].[V].[V].[V]. The summed E-state index contributed by atoms with van der Waals surface area (Å²) in [5.41, 5.74) is 0. The van der Waals surface area contributed by atoms with E-state index < -0.39 is 45.2 Å². The van der Waals surface area contributed by atoms with Crippen molar-refractivity contribution in [2.45, 2.75) is 0 Å². The van der Waals surface area contributed by atoms with Crippen molar-refractivity contribution in [3.8, 4) is 0 Å². The van der Waals surface area contributed by atoms with E-state index in [0.717, 1.165) is 0 Å². The third kappa shape index (κ3) is 3650. The van der Waals surface area contributed by atoms with Gasteiger partial charge in [0.15, 0.2) is 0 Å². The van der Waals surface area contributed by atoms with Crippen molar-refractivity contribution in [1.82, 2.24) is 0 Å². The molecule has 0 aliphatic heterocycles. The molecule has 0 saturated carbocycles. The molecule has 20 nitrogen and oxygen atoms in total. The number of rotatable bonds is 0. The van der Waals surface area contributed by atoms with E-state index in [1.165, 1.54) is 0 Å². The predicted molar refractivity (Wildman–Crippen MR) is 28.8 cm³/mol. The van der Waals surface area contributed by atoms with Crippen LogP contribution in [0.4, 0.5) is 0 Å². The summed E-state index contributed by atoms with van der Waals surface area (Å²) < 4.78 is 0. The fourth-order valence-corrected chi connectivity index (χ4v) is 0. The summed E-state index contributed by atoms with van der Waals surface area (Å²) in [5, 5.41) is 0. The van der Waals surface area contributed by atoms with E-state index in [9.17, 15) is 0 Å². The van der Waals surface area contributed by atoms with Gasteiger partial charge >= 0.3 is 0 Å². The summed E-state index contributed by atoms with van der Waals surface area (Å²) in [5.74, 6) is 0. The summed E-state index contributed by atoms with van der Waals surface area (Å²) in [6.45, 7) is 0. The van der Waals surface area contributed by atoms with Crippen LogP contribution in [0.15, 0.2) is 0 Å². The van der Waals surface area contributed by atoms with E-state index in [4.69, 9.17) is 95.9 Å². The standard InChI is InChI=1S/5O4Si.4V/c5*1-5(2,3)4;;;;/q5*-4;;;;. The molecule has 4 radical (unpaired) electrons. The van der Waals surface area contributed by atoms with Gasteiger partial charge < -0.3 is 141 Å². The molecule has 180 valence electrons. The van der Waals surface area contributed by atoms with Gasteiger partial charge in [-0.1, -0.05) is 0 Å². The molecule has 0 aliphatic rings. The van der Waals surface area contributed by atoms with Crippen LogP contribution in [0.3, 0.4) is 0 Å². The molecule has 29 heteroatoms. The number of hydrogen-bond acceptors (Lipinski definition) is 20. The zero-order chi connectivity index (χ0) is 22.5. The average Bonchev–Trinajstić information content (AvgIpc) is 1.79. The molecule has 0 unspecified atom stereocenters. The maximum Gasteiger partial charge on any atom is 0 e. The molecule has 0 rings (SSSR count). The Labute approximate surface area is 214 Å². The smallest absolute Gasteiger partial charge is 0 e. The van der Waals surface area contributed by atoms with Crippen molar-refractivity contribution in [1.29, 1.82) is 0 Å². The Balaban J connectivity index is -0.0000000238. The second-order valence-electron chi connectivity index (χ2n) is 2.50. The van der Waals surface area contributed by atoms with Gasteiger partial charge in [-0.25, -0.2) is 0 Å². The van der Waals surface area contributed by atoms with Crippen molar-refractivity contribution >= 4 is 45.2 Å². The Morgan fingerprint density at radius 1 is 0.172 bits per heavy atom. The summed E-state index contributed by atoms with van der Waals surface area (Å²) in [7, 11) is -28.1. The van der Waals surface area contributed by atoms with Gasteiger partial charge in [0.25, 0.3) is 0 Å². The maximum absolute atomic E-state index is 8.58. The van der Waals surface area contributed by atoms with Crippen LogP contribution in [0, 0.1) is 0 Å². The molecule has 0 aromatic rings. The normalized spacial score (nSPS) is 10.3. The van der Waals surface area contributed by atoms with E-state index >= 15 is 0 Å². The predicted octanol–water partition coefficient (Wildman–Crippen LogP) is -25.7. The second-order valence-corrected chi connectivity index (χ2v) is 7.50. The fourth-order valence-electron chi connectivity index (χ4n) is 0. The van der Waals surface area contributed by atoms with Gasteiger partial charge in [0.2, 0.25) is 0 Å². The molecule has 29 heavy (non-hydrogen) atoms. The van der Waals surface area contributed by atoms with Crippen LogP contribution in [0.25, 0.3) is 0 Å². The van der Waals surface area contributed by atoms with Crippen molar-refractivity contribution in [3.05, 3.63) is 0 Å². The molecule has 0 aromatic carbocycles. The minimum atomic E-state index is -5.61. The van der Waals surface area contributed by atoms with Crippen LogP contribution in [-0.4, -0.2) is 45.2 Å². The molecular weight excluding hydrogens is 664 g/mol. The minimum Gasteiger partial charge on any atom is -0.894 e. The van der Waals surface area contributed by atoms with Crippen LogP contribution in [0.2, 0.25) is 0 Å². The van der Waals surface area contributed by atoms with Crippen molar-refractivity contribution in [2.24, 2.45) is 0 Å². The largest absolute Gasteiger partial charge is 0.894 e. The minimum absolute atomic E-state index is 0. The summed E-state index contributed by atoms with van der Waals surface area (Å²) >= 11 is 0. The molecule has 0 aliphatic carbocycles. The Morgan fingerprint density at radius 2 is 0.172 bits per heavy atom. The third-order valence-electron chi connectivity index (χ3n) is 0. The van der Waals surface area contributed by atoms with Gasteiger partial charge in [0.1, 0.15) is 0 Å². The van der Waals surface area contributed by atoms with Crippen LogP contribution in [0.1, 0.15) is 0 Å². The molecule has 0 bridgehead atoms. The molecule has 0 heterocycles. The van der Waals surface area contributed by atoms with Crippen LogP contribution in [-0.2, 0) is 74.2 Å². The van der Waals surface area contributed by atoms with E-state index in [2.05, 4.69) is 0 Å². The first-order valence-corrected chi connectivity index (χ1v) is 12.2. The van der Waals surface area contributed by atoms with Gasteiger partial charge in [0.05, 0.1) is 0 Å². The van der Waals surface area contributed by atoms with Gasteiger partial charge in [-0.3, -0.25) is 0 Å². The quantitative estimate of drug-likeness (QED) is 0.217. The Bertz CT molecular complexity index is 182. The van der Waals surface area contributed by atoms with Gasteiger partial charge in [-0.2, -0.15) is 0 Å². The zero-order valence-electron chi connectivity index (χ0n) is 12.5. The van der Waals surface area contributed by atoms with Gasteiger partial charge in [-0.05, 0) is 0 Å². The Hall–Kier alpha value is 2.62. The van der Waals surface area contributed by atoms with E-state index in [1.807, 2.05) is 0 Å². The van der Waals surface area contributed by atoms with E-state index in [0.29, 0.717) is 0 Å². The summed E-state index contributed by atoms with van der Waals surface area (Å²) in [4.78, 5) is 172. The van der Waals surface area contributed by atoms with Crippen LogP contribution >= 0.6 is 0 Å². The monoisotopic (exact) mass is 664 g/mol. The first kappa shape index (κ1) is 57.9. The zero-order valence-corrected chi connectivity index (χ0v) is 23.0. The molecule has 0 fully saturated rings. The Kier molecular flexibility index (Phi) is 50.4. The number of hydrogen-bond donors (Lipinski definition) is 0. The van der Waals surface area contributed by atoms with Crippen molar-refractivity contribution in [2.75, 3.05) is 0 Å². The summed E-state index contributed by atoms with van der Waals surface area (Å²) in [6.07, 6.45) is 0. The molecule has 0 spiro atoms. The second kappa shape index (κ2) is 25.2. The Morgan fingerprint density at radius 3 is 0.172 bits per heavy atom. The van der Waals surface area contributed by atoms with E-state index in [1.54, 1.807) is 0 Å². The third-order valence-corrected chi connectivity index (χ3v) is 0. The molecule has 0 aromatic heterocycles. The molecule has 0 atom stereocenters. The molecule has 0 N–H and O–H groups in total.